The standard InChI is InChI=1S/C14H14N4O/c1-19-11-2-3-12-9(4-11)5-13(18-12)14-8-16-7-10(6-15)17-14/h2-5,7-8,18H,6,15H2,1H3. The first-order chi connectivity index (χ1) is 9.30. The van der Waals surface area contributed by atoms with E-state index in [1.54, 1.807) is 19.5 Å². The number of nitrogens with zero attached hydrogens (tertiary/aromatic N) is 2. The van der Waals surface area contributed by atoms with Gasteiger partial charge in [0, 0.05) is 23.6 Å². The fourth-order valence-electron chi connectivity index (χ4n) is 2.01. The second-order valence-electron chi connectivity index (χ2n) is 4.24. The van der Waals surface area contributed by atoms with Gasteiger partial charge >= 0.3 is 0 Å². The predicted octanol–water partition coefficient (Wildman–Crippen LogP) is 2.09. The van der Waals surface area contributed by atoms with Crippen molar-refractivity contribution in [2.75, 3.05) is 7.11 Å². The summed E-state index contributed by atoms with van der Waals surface area (Å²) >= 11 is 0. The van der Waals surface area contributed by atoms with E-state index in [2.05, 4.69) is 15.0 Å². The van der Waals surface area contributed by atoms with Gasteiger partial charge in [-0.05, 0) is 24.3 Å². The number of aromatic amines is 1. The number of nitrogens with two attached hydrogens (primary N) is 1. The van der Waals surface area contributed by atoms with Gasteiger partial charge in [-0.25, -0.2) is 4.98 Å². The van der Waals surface area contributed by atoms with Crippen LogP contribution in [0.3, 0.4) is 0 Å². The second kappa shape index (κ2) is 4.70. The monoisotopic (exact) mass is 254 g/mol. The molecular formula is C14H14N4O. The van der Waals surface area contributed by atoms with Crippen molar-refractivity contribution in [2.24, 2.45) is 5.73 Å². The number of fused-ring (bicyclic) bond motifs is 1. The topological polar surface area (TPSA) is 76.8 Å². The van der Waals surface area contributed by atoms with Crippen LogP contribution in [0.5, 0.6) is 5.75 Å². The van der Waals surface area contributed by atoms with Gasteiger partial charge in [0.25, 0.3) is 0 Å². The highest BCUT2D eigenvalue weighted by molar-refractivity contribution is 5.86. The summed E-state index contributed by atoms with van der Waals surface area (Å²) in [4.78, 5) is 11.9. The van der Waals surface area contributed by atoms with E-state index in [4.69, 9.17) is 10.5 Å². The van der Waals surface area contributed by atoms with Gasteiger partial charge in [0.2, 0.25) is 0 Å². The van der Waals surface area contributed by atoms with Crippen LogP contribution in [0.2, 0.25) is 0 Å². The zero-order chi connectivity index (χ0) is 13.2. The van der Waals surface area contributed by atoms with Gasteiger partial charge in [-0.1, -0.05) is 0 Å². The van der Waals surface area contributed by atoms with Crippen molar-refractivity contribution < 1.29 is 4.74 Å². The molecule has 2 aromatic heterocycles. The molecule has 5 heteroatoms. The fourth-order valence-corrected chi connectivity index (χ4v) is 2.01. The zero-order valence-electron chi connectivity index (χ0n) is 10.6. The largest absolute Gasteiger partial charge is 0.497 e. The van der Waals surface area contributed by atoms with Gasteiger partial charge in [-0.2, -0.15) is 0 Å². The van der Waals surface area contributed by atoms with Crippen LogP contribution in [-0.4, -0.2) is 22.1 Å². The molecule has 0 amide bonds. The van der Waals surface area contributed by atoms with Crippen molar-refractivity contribution in [3.05, 3.63) is 42.4 Å². The van der Waals surface area contributed by atoms with Crippen LogP contribution in [-0.2, 0) is 6.54 Å². The summed E-state index contributed by atoms with van der Waals surface area (Å²) in [6, 6.07) is 7.92. The van der Waals surface area contributed by atoms with E-state index in [-0.39, 0.29) is 0 Å². The highest BCUT2D eigenvalue weighted by Crippen LogP contribution is 2.25. The number of H-pyrrole nitrogens is 1. The third-order valence-corrected chi connectivity index (χ3v) is 3.00. The second-order valence-corrected chi connectivity index (χ2v) is 4.24. The molecule has 19 heavy (non-hydrogen) atoms. The Hall–Kier alpha value is -2.40. The Morgan fingerprint density at radius 3 is 2.95 bits per heavy atom. The maximum atomic E-state index is 5.58. The smallest absolute Gasteiger partial charge is 0.119 e. The molecule has 0 radical (unpaired) electrons. The molecule has 3 N–H and O–H groups in total. The lowest BCUT2D eigenvalue weighted by Crippen LogP contribution is -2.01. The average molecular weight is 254 g/mol. The minimum atomic E-state index is 0.384. The third kappa shape index (κ3) is 2.15. The normalized spacial score (nSPS) is 10.8. The molecule has 5 nitrogen and oxygen atoms in total. The summed E-state index contributed by atoms with van der Waals surface area (Å²) in [5, 5.41) is 1.08. The quantitative estimate of drug-likeness (QED) is 0.750. The summed E-state index contributed by atoms with van der Waals surface area (Å²) in [5.41, 5.74) is 9.10. The van der Waals surface area contributed by atoms with Gasteiger partial charge in [0.1, 0.15) is 11.4 Å². The summed E-state index contributed by atoms with van der Waals surface area (Å²) in [6.45, 7) is 0.384. The fraction of sp³-hybridized carbons (Fsp3) is 0.143. The number of hydrogen-bond acceptors (Lipinski definition) is 4. The molecule has 1 aromatic carbocycles. The zero-order valence-corrected chi connectivity index (χ0v) is 10.6. The van der Waals surface area contributed by atoms with E-state index in [0.29, 0.717) is 6.54 Å². The number of rotatable bonds is 3. The molecule has 0 aliphatic rings. The SMILES string of the molecule is COc1ccc2[nH]c(-c3cncc(CN)n3)cc2c1. The van der Waals surface area contributed by atoms with Gasteiger partial charge in [-0.15, -0.1) is 0 Å². The summed E-state index contributed by atoms with van der Waals surface area (Å²) < 4.78 is 5.22. The number of hydrogen-bond donors (Lipinski definition) is 2. The molecule has 0 saturated heterocycles. The number of aromatic nitrogens is 3. The van der Waals surface area contributed by atoms with E-state index >= 15 is 0 Å². The highest BCUT2D eigenvalue weighted by Gasteiger charge is 2.06. The maximum absolute atomic E-state index is 5.58. The van der Waals surface area contributed by atoms with Crippen molar-refractivity contribution >= 4 is 10.9 Å². The van der Waals surface area contributed by atoms with Crippen LogP contribution in [0, 0.1) is 0 Å². The molecule has 96 valence electrons. The molecule has 0 spiro atoms. The lowest BCUT2D eigenvalue weighted by Gasteiger charge is -1.99. The summed E-state index contributed by atoms with van der Waals surface area (Å²) in [6.07, 6.45) is 3.40. The van der Waals surface area contributed by atoms with Crippen LogP contribution in [0.1, 0.15) is 5.69 Å². The number of ether oxygens (including phenoxy) is 1. The highest BCUT2D eigenvalue weighted by atomic mass is 16.5. The van der Waals surface area contributed by atoms with E-state index < -0.39 is 0 Å². The molecule has 0 aliphatic heterocycles. The molecule has 0 saturated carbocycles. The molecule has 0 aliphatic carbocycles. The Bertz CT molecular complexity index is 720. The Labute approximate surface area is 110 Å². The molecule has 0 unspecified atom stereocenters. The predicted molar refractivity (Wildman–Crippen MR) is 73.8 cm³/mol. The van der Waals surface area contributed by atoms with Crippen LogP contribution in [0.25, 0.3) is 22.3 Å². The molecule has 0 atom stereocenters. The number of benzene rings is 1. The molecule has 2 heterocycles. The Kier molecular flexibility index (Phi) is 2.89. The molecule has 0 bridgehead atoms. The van der Waals surface area contributed by atoms with Crippen LogP contribution in [0.15, 0.2) is 36.7 Å². The van der Waals surface area contributed by atoms with Gasteiger partial charge in [0.15, 0.2) is 0 Å². The van der Waals surface area contributed by atoms with E-state index in [1.165, 1.54) is 0 Å². The average Bonchev–Trinajstić information content (AvgIpc) is 2.90. The minimum absolute atomic E-state index is 0.384. The maximum Gasteiger partial charge on any atom is 0.119 e. The van der Waals surface area contributed by atoms with Crippen molar-refractivity contribution in [1.29, 1.82) is 0 Å². The van der Waals surface area contributed by atoms with E-state index in [0.717, 1.165) is 33.7 Å². The Balaban J connectivity index is 2.09. The number of nitrogens with one attached hydrogen (secondary N) is 1. The van der Waals surface area contributed by atoms with Gasteiger partial charge in [0.05, 0.1) is 24.7 Å². The third-order valence-electron chi connectivity index (χ3n) is 3.00. The first-order valence-corrected chi connectivity index (χ1v) is 5.98. The van der Waals surface area contributed by atoms with Crippen molar-refractivity contribution in [2.45, 2.75) is 6.54 Å². The van der Waals surface area contributed by atoms with Crippen LogP contribution < -0.4 is 10.5 Å². The van der Waals surface area contributed by atoms with Crippen LogP contribution in [0.4, 0.5) is 0 Å². The van der Waals surface area contributed by atoms with E-state index in [1.807, 2.05) is 24.3 Å². The summed E-state index contributed by atoms with van der Waals surface area (Å²) in [7, 11) is 1.66. The number of methoxy groups -OCH3 is 1. The van der Waals surface area contributed by atoms with Gasteiger partial charge in [-0.3, -0.25) is 4.98 Å². The van der Waals surface area contributed by atoms with Gasteiger partial charge < -0.3 is 15.5 Å². The van der Waals surface area contributed by atoms with Crippen molar-refractivity contribution in [3.8, 4) is 17.1 Å². The molecule has 3 rings (SSSR count). The van der Waals surface area contributed by atoms with Crippen molar-refractivity contribution in [1.82, 2.24) is 15.0 Å². The Morgan fingerprint density at radius 2 is 2.16 bits per heavy atom. The molecule has 0 fully saturated rings. The minimum Gasteiger partial charge on any atom is -0.497 e. The molecule has 3 aromatic rings. The Morgan fingerprint density at radius 1 is 1.26 bits per heavy atom. The molecular weight excluding hydrogens is 240 g/mol. The van der Waals surface area contributed by atoms with E-state index in [9.17, 15) is 0 Å². The van der Waals surface area contributed by atoms with Crippen molar-refractivity contribution in [3.63, 3.8) is 0 Å². The lowest BCUT2D eigenvalue weighted by atomic mass is 10.2. The lowest BCUT2D eigenvalue weighted by molar-refractivity contribution is 0.415. The summed E-state index contributed by atoms with van der Waals surface area (Å²) in [5.74, 6) is 0.833. The first kappa shape index (κ1) is 11.7. The van der Waals surface area contributed by atoms with Crippen LogP contribution >= 0.6 is 0 Å². The first-order valence-electron chi connectivity index (χ1n) is 5.98.